The van der Waals surface area contributed by atoms with Crippen molar-refractivity contribution in [2.45, 2.75) is 6.92 Å². The van der Waals surface area contributed by atoms with Crippen LogP contribution in [0.15, 0.2) is 42.5 Å². The van der Waals surface area contributed by atoms with Crippen molar-refractivity contribution < 1.29 is 19.4 Å². The molecule has 0 unspecified atom stereocenters. The van der Waals surface area contributed by atoms with Gasteiger partial charge in [0.2, 0.25) is 0 Å². The Bertz CT molecular complexity index is 620. The van der Waals surface area contributed by atoms with Gasteiger partial charge >= 0.3 is 5.97 Å². The number of hydrogen-bond acceptors (Lipinski definition) is 3. The molecule has 1 N–H and O–H groups in total. The molecule has 0 amide bonds. The first-order chi connectivity index (χ1) is 9.67. The molecule has 0 radical (unpaired) electrons. The van der Waals surface area contributed by atoms with E-state index in [1.807, 2.05) is 31.2 Å². The van der Waals surface area contributed by atoms with Crippen LogP contribution in [-0.2, 0) is 0 Å². The van der Waals surface area contributed by atoms with Crippen LogP contribution in [0.3, 0.4) is 0 Å². The second kappa shape index (κ2) is 6.10. The molecule has 0 aliphatic carbocycles. The average molecular weight is 272 g/mol. The smallest absolute Gasteiger partial charge is 0.336 e. The Labute approximate surface area is 117 Å². The van der Waals surface area contributed by atoms with Crippen LogP contribution < -0.4 is 9.47 Å². The largest absolute Gasteiger partial charge is 0.497 e. The van der Waals surface area contributed by atoms with E-state index >= 15 is 0 Å². The topological polar surface area (TPSA) is 55.8 Å². The van der Waals surface area contributed by atoms with Crippen LogP contribution in [0.2, 0.25) is 0 Å². The van der Waals surface area contributed by atoms with Gasteiger partial charge in [0.15, 0.2) is 0 Å². The molecule has 0 heterocycles. The monoisotopic (exact) mass is 272 g/mol. The second-order valence-corrected chi connectivity index (χ2v) is 4.15. The zero-order valence-electron chi connectivity index (χ0n) is 11.4. The van der Waals surface area contributed by atoms with E-state index in [1.54, 1.807) is 12.1 Å². The summed E-state index contributed by atoms with van der Waals surface area (Å²) in [6.45, 7) is 2.42. The maximum absolute atomic E-state index is 11.4. The third kappa shape index (κ3) is 2.74. The lowest BCUT2D eigenvalue weighted by Gasteiger charge is -2.13. The Balaban J connectivity index is 2.60. The Kier molecular flexibility index (Phi) is 4.25. The molecule has 0 aromatic heterocycles. The van der Waals surface area contributed by atoms with Gasteiger partial charge in [0.25, 0.3) is 0 Å². The van der Waals surface area contributed by atoms with Crippen molar-refractivity contribution in [1.29, 1.82) is 0 Å². The van der Waals surface area contributed by atoms with E-state index in [1.165, 1.54) is 13.2 Å². The molecular weight excluding hydrogens is 256 g/mol. The highest BCUT2D eigenvalue weighted by Gasteiger charge is 2.16. The minimum Gasteiger partial charge on any atom is -0.497 e. The van der Waals surface area contributed by atoms with Crippen molar-refractivity contribution in [2.24, 2.45) is 0 Å². The van der Waals surface area contributed by atoms with Crippen LogP contribution in [-0.4, -0.2) is 24.8 Å². The number of benzene rings is 2. The average Bonchev–Trinajstić information content (AvgIpc) is 2.47. The van der Waals surface area contributed by atoms with Crippen molar-refractivity contribution >= 4 is 5.97 Å². The van der Waals surface area contributed by atoms with Crippen LogP contribution in [0.4, 0.5) is 0 Å². The van der Waals surface area contributed by atoms with Gasteiger partial charge in [0.05, 0.1) is 19.3 Å². The molecule has 0 fully saturated rings. The maximum atomic E-state index is 11.4. The summed E-state index contributed by atoms with van der Waals surface area (Å²) in [6, 6.07) is 12.4. The first kappa shape index (κ1) is 13.9. The second-order valence-electron chi connectivity index (χ2n) is 4.15. The fraction of sp³-hybridized carbons (Fsp3) is 0.188. The summed E-state index contributed by atoms with van der Waals surface area (Å²) in [5, 5.41) is 9.37. The number of carboxylic acid groups (broad SMARTS) is 1. The van der Waals surface area contributed by atoms with Gasteiger partial charge in [-0.3, -0.25) is 0 Å². The van der Waals surface area contributed by atoms with Crippen LogP contribution in [0.5, 0.6) is 11.5 Å². The molecule has 0 aliphatic heterocycles. The number of aromatic carboxylic acids is 1. The Hall–Kier alpha value is -2.49. The molecule has 4 heteroatoms. The van der Waals surface area contributed by atoms with Gasteiger partial charge in [0, 0.05) is 11.1 Å². The summed E-state index contributed by atoms with van der Waals surface area (Å²) >= 11 is 0. The van der Waals surface area contributed by atoms with E-state index in [0.29, 0.717) is 23.7 Å². The minimum atomic E-state index is -0.995. The molecule has 2 aromatic rings. The van der Waals surface area contributed by atoms with Crippen molar-refractivity contribution in [1.82, 2.24) is 0 Å². The van der Waals surface area contributed by atoms with Crippen LogP contribution in [0, 0.1) is 0 Å². The number of hydrogen-bond donors (Lipinski definition) is 1. The quantitative estimate of drug-likeness (QED) is 0.905. The number of ether oxygens (including phenoxy) is 2. The van der Waals surface area contributed by atoms with E-state index in [9.17, 15) is 9.90 Å². The highest BCUT2D eigenvalue weighted by atomic mass is 16.5. The molecule has 20 heavy (non-hydrogen) atoms. The lowest BCUT2D eigenvalue weighted by molar-refractivity contribution is 0.0697. The first-order valence-electron chi connectivity index (χ1n) is 6.31. The van der Waals surface area contributed by atoms with Crippen LogP contribution in [0.1, 0.15) is 17.3 Å². The van der Waals surface area contributed by atoms with Crippen LogP contribution in [0.25, 0.3) is 11.1 Å². The van der Waals surface area contributed by atoms with Crippen LogP contribution >= 0.6 is 0 Å². The molecule has 2 rings (SSSR count). The highest BCUT2D eigenvalue weighted by molar-refractivity contribution is 5.97. The van der Waals surface area contributed by atoms with Gasteiger partial charge in [-0.05, 0) is 31.2 Å². The Morgan fingerprint density at radius 3 is 2.55 bits per heavy atom. The fourth-order valence-corrected chi connectivity index (χ4v) is 2.03. The molecule has 0 aliphatic rings. The van der Waals surface area contributed by atoms with E-state index in [-0.39, 0.29) is 5.56 Å². The number of methoxy groups -OCH3 is 1. The highest BCUT2D eigenvalue weighted by Crippen LogP contribution is 2.34. The van der Waals surface area contributed by atoms with Gasteiger partial charge in [-0.1, -0.05) is 18.2 Å². The maximum Gasteiger partial charge on any atom is 0.336 e. The molecular formula is C16H16O4. The number of para-hydroxylation sites is 1. The predicted molar refractivity (Wildman–Crippen MR) is 76.6 cm³/mol. The van der Waals surface area contributed by atoms with Gasteiger partial charge in [0.1, 0.15) is 11.5 Å². The lowest BCUT2D eigenvalue weighted by atomic mass is 9.98. The first-order valence-corrected chi connectivity index (χ1v) is 6.31. The van der Waals surface area contributed by atoms with Crippen molar-refractivity contribution in [3.63, 3.8) is 0 Å². The van der Waals surface area contributed by atoms with Crippen molar-refractivity contribution in [2.75, 3.05) is 13.7 Å². The molecule has 0 atom stereocenters. The number of carbonyl (C=O) groups is 1. The molecule has 4 nitrogen and oxygen atoms in total. The summed E-state index contributed by atoms with van der Waals surface area (Å²) in [5.41, 5.74) is 1.56. The van der Waals surface area contributed by atoms with E-state index in [4.69, 9.17) is 9.47 Å². The van der Waals surface area contributed by atoms with E-state index in [0.717, 1.165) is 5.56 Å². The van der Waals surface area contributed by atoms with Crippen molar-refractivity contribution in [3.05, 3.63) is 48.0 Å². The molecule has 0 saturated carbocycles. The predicted octanol–water partition coefficient (Wildman–Crippen LogP) is 3.46. The molecule has 0 bridgehead atoms. The number of rotatable bonds is 5. The lowest BCUT2D eigenvalue weighted by Crippen LogP contribution is -2.02. The normalized spacial score (nSPS) is 10.1. The summed E-state index contributed by atoms with van der Waals surface area (Å²) in [4.78, 5) is 11.4. The summed E-state index contributed by atoms with van der Waals surface area (Å²) in [5.74, 6) is 0.188. The SMILES string of the molecule is CCOc1ccccc1-c1ccc(OC)cc1C(=O)O. The Morgan fingerprint density at radius 2 is 1.90 bits per heavy atom. The molecule has 0 saturated heterocycles. The van der Waals surface area contributed by atoms with Gasteiger partial charge in [-0.2, -0.15) is 0 Å². The minimum absolute atomic E-state index is 0.191. The fourth-order valence-electron chi connectivity index (χ4n) is 2.03. The van der Waals surface area contributed by atoms with Gasteiger partial charge < -0.3 is 14.6 Å². The van der Waals surface area contributed by atoms with E-state index in [2.05, 4.69) is 0 Å². The summed E-state index contributed by atoms with van der Waals surface area (Å²) in [6.07, 6.45) is 0. The standard InChI is InChI=1S/C16H16O4/c1-3-20-15-7-5-4-6-13(15)12-9-8-11(19-2)10-14(12)16(17)18/h4-10H,3H2,1-2H3,(H,17,18). The third-order valence-corrected chi connectivity index (χ3v) is 2.93. The number of carboxylic acids is 1. The van der Waals surface area contributed by atoms with E-state index < -0.39 is 5.97 Å². The third-order valence-electron chi connectivity index (χ3n) is 2.93. The zero-order chi connectivity index (χ0) is 14.5. The zero-order valence-corrected chi connectivity index (χ0v) is 11.4. The van der Waals surface area contributed by atoms with Crippen molar-refractivity contribution in [3.8, 4) is 22.6 Å². The molecule has 2 aromatic carbocycles. The van der Waals surface area contributed by atoms with Gasteiger partial charge in [-0.15, -0.1) is 0 Å². The summed E-state index contributed by atoms with van der Waals surface area (Å²) in [7, 11) is 1.51. The molecule has 104 valence electrons. The van der Waals surface area contributed by atoms with Gasteiger partial charge in [-0.25, -0.2) is 4.79 Å². The Morgan fingerprint density at radius 1 is 1.15 bits per heavy atom. The summed E-state index contributed by atoms with van der Waals surface area (Å²) < 4.78 is 10.6. The molecule has 0 spiro atoms.